The molecule has 0 spiro atoms. The molecule has 0 radical (unpaired) electrons. The lowest BCUT2D eigenvalue weighted by Gasteiger charge is -2.27. The fourth-order valence-electron chi connectivity index (χ4n) is 2.10. The summed E-state index contributed by atoms with van der Waals surface area (Å²) in [4.78, 5) is 0. The zero-order valence-electron chi connectivity index (χ0n) is 9.41. The van der Waals surface area contributed by atoms with Gasteiger partial charge in [0.15, 0.2) is 23.3 Å². The third-order valence-electron chi connectivity index (χ3n) is 3.08. The Morgan fingerprint density at radius 2 is 1.42 bits per heavy atom. The molecule has 1 aliphatic heterocycles. The van der Waals surface area contributed by atoms with E-state index in [0.29, 0.717) is 6.42 Å². The molecule has 2 atom stereocenters. The van der Waals surface area contributed by atoms with E-state index >= 15 is 0 Å². The lowest BCUT2D eigenvalue weighted by molar-refractivity contribution is -0.126. The maximum atomic E-state index is 14.1. The van der Waals surface area contributed by atoms with Gasteiger partial charge in [-0.15, -0.1) is 0 Å². The molecule has 1 saturated heterocycles. The van der Waals surface area contributed by atoms with Crippen LogP contribution in [0.3, 0.4) is 0 Å². The van der Waals surface area contributed by atoms with Gasteiger partial charge in [0.25, 0.3) is 5.85 Å². The Hall–Kier alpha value is -1.28. The zero-order chi connectivity index (χ0) is 14.4. The second kappa shape index (κ2) is 4.68. The molecule has 2 nitrogen and oxygen atoms in total. The highest BCUT2D eigenvalue weighted by molar-refractivity contribution is 5.29. The van der Waals surface area contributed by atoms with E-state index in [2.05, 4.69) is 5.32 Å². The maximum Gasteiger partial charge on any atom is 0.254 e. The number of hydrogen-bond acceptors (Lipinski definition) is 2. The van der Waals surface area contributed by atoms with Crippen LogP contribution in [0.1, 0.15) is 18.4 Å². The fraction of sp³-hybridized carbons (Fsp3) is 0.455. The van der Waals surface area contributed by atoms with Crippen molar-refractivity contribution in [1.29, 1.82) is 0 Å². The minimum absolute atomic E-state index is 0.00644. The number of rotatable bonds is 2. The molecule has 19 heavy (non-hydrogen) atoms. The molecule has 8 heteroatoms. The minimum atomic E-state index is -3.68. The van der Waals surface area contributed by atoms with Crippen molar-refractivity contribution in [2.75, 3.05) is 6.54 Å². The summed E-state index contributed by atoms with van der Waals surface area (Å²) in [7, 11) is 0. The summed E-state index contributed by atoms with van der Waals surface area (Å²) < 4.78 is 79.6. The fourth-order valence-corrected chi connectivity index (χ4v) is 2.10. The van der Waals surface area contributed by atoms with Gasteiger partial charge in [0.05, 0.1) is 11.6 Å². The van der Waals surface area contributed by atoms with E-state index in [1.807, 2.05) is 0 Å². The summed E-state index contributed by atoms with van der Waals surface area (Å²) in [5.74, 6) is -15.4. The van der Waals surface area contributed by atoms with Gasteiger partial charge in [0.1, 0.15) is 0 Å². The molecular weight excluding hydrogens is 276 g/mol. The van der Waals surface area contributed by atoms with Crippen molar-refractivity contribution in [2.45, 2.75) is 24.7 Å². The van der Waals surface area contributed by atoms with Gasteiger partial charge in [0.2, 0.25) is 5.82 Å². The second-order valence-corrected chi connectivity index (χ2v) is 4.27. The third kappa shape index (κ3) is 2.08. The summed E-state index contributed by atoms with van der Waals surface area (Å²) in [5.41, 5.74) is -1.86. The van der Waals surface area contributed by atoms with Crippen LogP contribution in [0.2, 0.25) is 0 Å². The molecule has 1 fully saturated rings. The van der Waals surface area contributed by atoms with Crippen molar-refractivity contribution < 1.29 is 31.4 Å². The number of alkyl halides is 1. The van der Waals surface area contributed by atoms with Crippen LogP contribution in [0, 0.1) is 29.1 Å². The Morgan fingerprint density at radius 1 is 0.947 bits per heavy atom. The van der Waals surface area contributed by atoms with Crippen LogP contribution >= 0.6 is 0 Å². The van der Waals surface area contributed by atoms with Gasteiger partial charge in [-0.3, -0.25) is 0 Å². The molecule has 2 N–H and O–H groups in total. The number of aliphatic hydroxyl groups is 1. The van der Waals surface area contributed by atoms with Gasteiger partial charge in [-0.05, 0) is 19.4 Å². The van der Waals surface area contributed by atoms with Crippen molar-refractivity contribution in [3.63, 3.8) is 0 Å². The van der Waals surface area contributed by atoms with Crippen LogP contribution in [0.4, 0.5) is 26.3 Å². The molecule has 0 bridgehead atoms. The van der Waals surface area contributed by atoms with Crippen LogP contribution in [0.25, 0.3) is 0 Å². The van der Waals surface area contributed by atoms with Crippen molar-refractivity contribution in [3.8, 4) is 0 Å². The van der Waals surface area contributed by atoms with Gasteiger partial charge in [-0.2, -0.15) is 0 Å². The highest BCUT2D eigenvalue weighted by Crippen LogP contribution is 2.37. The van der Waals surface area contributed by atoms with E-state index < -0.39 is 46.5 Å². The maximum absolute atomic E-state index is 14.1. The van der Waals surface area contributed by atoms with Gasteiger partial charge >= 0.3 is 0 Å². The summed E-state index contributed by atoms with van der Waals surface area (Å²) in [6.45, 7) is 0.270. The van der Waals surface area contributed by atoms with E-state index in [4.69, 9.17) is 0 Å². The van der Waals surface area contributed by atoms with E-state index in [0.717, 1.165) is 0 Å². The average Bonchev–Trinajstić information content (AvgIpc) is 2.88. The Morgan fingerprint density at radius 3 is 1.84 bits per heavy atom. The highest BCUT2D eigenvalue weighted by Gasteiger charge is 2.47. The van der Waals surface area contributed by atoms with Gasteiger partial charge in [-0.25, -0.2) is 26.3 Å². The van der Waals surface area contributed by atoms with E-state index in [1.165, 1.54) is 0 Å². The monoisotopic (exact) mass is 285 g/mol. The summed E-state index contributed by atoms with van der Waals surface area (Å²) in [5, 5.41) is 11.9. The van der Waals surface area contributed by atoms with Gasteiger partial charge < -0.3 is 10.4 Å². The summed E-state index contributed by atoms with van der Waals surface area (Å²) >= 11 is 0. The van der Waals surface area contributed by atoms with Crippen LogP contribution < -0.4 is 5.32 Å². The Kier molecular flexibility index (Phi) is 3.48. The first-order valence-electron chi connectivity index (χ1n) is 5.45. The Bertz CT molecular complexity index is 483. The molecule has 1 heterocycles. The Balaban J connectivity index is 2.61. The number of benzene rings is 1. The van der Waals surface area contributed by atoms with Crippen molar-refractivity contribution in [1.82, 2.24) is 5.32 Å². The number of halogens is 6. The van der Waals surface area contributed by atoms with Crippen molar-refractivity contribution >= 4 is 0 Å². The molecule has 0 saturated carbocycles. The quantitative estimate of drug-likeness (QED) is 0.496. The zero-order valence-corrected chi connectivity index (χ0v) is 9.41. The number of hydrogen-bond donors (Lipinski definition) is 2. The SMILES string of the molecule is O[C@](F)(c1c(F)c(F)c(F)c(F)c1F)[C@@H]1CCCN1. The predicted octanol–water partition coefficient (Wildman–Crippen LogP) is 2.25. The molecule has 2 rings (SSSR count). The van der Waals surface area contributed by atoms with Crippen molar-refractivity contribution in [2.24, 2.45) is 0 Å². The largest absolute Gasteiger partial charge is 0.357 e. The van der Waals surface area contributed by atoms with E-state index in [-0.39, 0.29) is 13.0 Å². The van der Waals surface area contributed by atoms with E-state index in [1.54, 1.807) is 0 Å². The number of nitrogens with one attached hydrogen (secondary N) is 1. The molecule has 1 aliphatic rings. The minimum Gasteiger partial charge on any atom is -0.357 e. The summed E-state index contributed by atoms with van der Waals surface area (Å²) in [6, 6.07) is -1.43. The summed E-state index contributed by atoms with van der Waals surface area (Å²) in [6.07, 6.45) is 0.415. The Labute approximate surface area is 104 Å². The standard InChI is InChI=1S/C11H9F6NO/c12-6-5(7(13)9(15)10(16)8(6)14)11(17,19)4-2-1-3-18-4/h4,18-19H,1-3H2/t4-,11-/m0/s1. The van der Waals surface area contributed by atoms with Crippen molar-refractivity contribution in [3.05, 3.63) is 34.6 Å². The van der Waals surface area contributed by atoms with Crippen LogP contribution in [0.5, 0.6) is 0 Å². The molecule has 0 aromatic heterocycles. The van der Waals surface area contributed by atoms with Crippen LogP contribution in [0.15, 0.2) is 0 Å². The second-order valence-electron chi connectivity index (χ2n) is 4.27. The van der Waals surface area contributed by atoms with Crippen LogP contribution in [-0.4, -0.2) is 17.7 Å². The first kappa shape index (κ1) is 14.1. The topological polar surface area (TPSA) is 32.3 Å². The molecule has 106 valence electrons. The molecule has 1 aromatic rings. The first-order valence-corrected chi connectivity index (χ1v) is 5.45. The average molecular weight is 285 g/mol. The first-order chi connectivity index (χ1) is 8.78. The molecular formula is C11H9F6NO. The van der Waals surface area contributed by atoms with Gasteiger partial charge in [0, 0.05) is 0 Å². The highest BCUT2D eigenvalue weighted by atomic mass is 19.2. The lowest BCUT2D eigenvalue weighted by Crippen LogP contribution is -2.43. The molecule has 0 aliphatic carbocycles. The van der Waals surface area contributed by atoms with E-state index in [9.17, 15) is 31.4 Å². The normalized spacial score (nSPS) is 22.6. The predicted molar refractivity (Wildman–Crippen MR) is 52.3 cm³/mol. The van der Waals surface area contributed by atoms with Gasteiger partial charge in [-0.1, -0.05) is 0 Å². The lowest BCUT2D eigenvalue weighted by atomic mass is 9.96. The molecule has 0 amide bonds. The molecule has 0 unspecified atom stereocenters. The van der Waals surface area contributed by atoms with Crippen LogP contribution in [-0.2, 0) is 5.85 Å². The molecule has 1 aromatic carbocycles. The smallest absolute Gasteiger partial charge is 0.254 e. The third-order valence-corrected chi connectivity index (χ3v) is 3.08.